The summed E-state index contributed by atoms with van der Waals surface area (Å²) in [7, 11) is 0. The molecule has 6 atom stereocenters. The molecule has 2 unspecified atom stereocenters. The molecule has 3 aliphatic rings. The van der Waals surface area contributed by atoms with Crippen LogP contribution in [-0.2, 0) is 19.1 Å². The van der Waals surface area contributed by atoms with Crippen LogP contribution in [0.1, 0.15) is 52.4 Å². The lowest BCUT2D eigenvalue weighted by molar-refractivity contribution is -0.151. The number of amides is 3. The smallest absolute Gasteiger partial charge is 0.248 e. The van der Waals surface area contributed by atoms with E-state index in [0.717, 1.165) is 24.9 Å². The number of likely N-dealkylation sites (tertiary alicyclic amines) is 1. The highest BCUT2D eigenvalue weighted by molar-refractivity contribution is 6.03. The number of benzene rings is 1. The molecule has 8 nitrogen and oxygen atoms in total. The highest BCUT2D eigenvalue weighted by atomic mass is 16.5. The van der Waals surface area contributed by atoms with Gasteiger partial charge in [-0.1, -0.05) is 57.0 Å². The fourth-order valence-electron chi connectivity index (χ4n) is 6.87. The van der Waals surface area contributed by atoms with Crippen molar-refractivity contribution in [3.05, 3.63) is 55.6 Å². The molecule has 2 bridgehead atoms. The summed E-state index contributed by atoms with van der Waals surface area (Å²) >= 11 is 0. The van der Waals surface area contributed by atoms with Crippen LogP contribution in [-0.4, -0.2) is 82.7 Å². The molecule has 4 rings (SSSR count). The lowest BCUT2D eigenvalue weighted by Crippen LogP contribution is -2.58. The van der Waals surface area contributed by atoms with Crippen LogP contribution in [0.2, 0.25) is 0 Å². The van der Waals surface area contributed by atoms with E-state index in [-0.39, 0.29) is 24.3 Å². The lowest BCUT2D eigenvalue weighted by Gasteiger charge is -2.39. The topological polar surface area (TPSA) is 90.4 Å². The van der Waals surface area contributed by atoms with E-state index in [1.54, 1.807) is 26.9 Å². The summed E-state index contributed by atoms with van der Waals surface area (Å²) < 4.78 is 6.62. The van der Waals surface area contributed by atoms with E-state index < -0.39 is 35.6 Å². The highest BCUT2D eigenvalue weighted by Gasteiger charge is 2.75. The zero-order chi connectivity index (χ0) is 28.2. The first-order valence-corrected chi connectivity index (χ1v) is 14.4. The number of aliphatic hydroxyl groups is 1. The molecule has 0 aromatic heterocycles. The van der Waals surface area contributed by atoms with Crippen LogP contribution in [0.5, 0.6) is 0 Å². The van der Waals surface area contributed by atoms with E-state index in [1.807, 2.05) is 37.3 Å². The summed E-state index contributed by atoms with van der Waals surface area (Å²) in [6.07, 6.45) is 7.41. The molecule has 1 aromatic rings. The van der Waals surface area contributed by atoms with E-state index in [1.165, 1.54) is 0 Å². The number of rotatable bonds is 14. The Balaban J connectivity index is 1.74. The number of hydrogen-bond donors (Lipinski definition) is 1. The molecule has 1 aromatic carbocycles. The number of aliphatic hydroxyl groups excluding tert-OH is 1. The van der Waals surface area contributed by atoms with Gasteiger partial charge < -0.3 is 24.5 Å². The van der Waals surface area contributed by atoms with Crippen molar-refractivity contribution in [2.24, 2.45) is 11.8 Å². The fraction of sp³-hybridized carbons (Fsp3) is 0.581. The predicted molar refractivity (Wildman–Crippen MR) is 151 cm³/mol. The first-order chi connectivity index (χ1) is 18.9. The molecule has 1 N–H and O–H groups in total. The maximum absolute atomic E-state index is 14.3. The zero-order valence-electron chi connectivity index (χ0n) is 23.3. The van der Waals surface area contributed by atoms with Gasteiger partial charge in [-0.25, -0.2) is 0 Å². The van der Waals surface area contributed by atoms with Crippen molar-refractivity contribution in [1.82, 2.24) is 9.80 Å². The van der Waals surface area contributed by atoms with Crippen LogP contribution < -0.4 is 4.90 Å². The van der Waals surface area contributed by atoms with E-state index in [9.17, 15) is 19.5 Å². The normalized spacial score (nSPS) is 27.8. The van der Waals surface area contributed by atoms with E-state index in [4.69, 9.17) is 4.74 Å². The second-order valence-corrected chi connectivity index (χ2v) is 10.9. The Hall–Kier alpha value is -2.97. The van der Waals surface area contributed by atoms with Gasteiger partial charge in [-0.3, -0.25) is 14.4 Å². The number of anilines is 1. The number of unbranched alkanes of at least 4 members (excludes halogenated alkanes) is 2. The summed E-state index contributed by atoms with van der Waals surface area (Å²) in [5.41, 5.74) is -0.369. The Morgan fingerprint density at radius 1 is 1.15 bits per heavy atom. The molecule has 39 heavy (non-hydrogen) atoms. The number of carbonyl (C=O) groups excluding carboxylic acids is 3. The third kappa shape index (κ3) is 5.05. The van der Waals surface area contributed by atoms with Gasteiger partial charge in [0.2, 0.25) is 17.7 Å². The third-order valence-electron chi connectivity index (χ3n) is 8.67. The average molecular weight is 538 g/mol. The molecule has 0 aliphatic carbocycles. The molecule has 3 fully saturated rings. The molecular formula is C31H43N3O5. The van der Waals surface area contributed by atoms with Crippen LogP contribution >= 0.6 is 0 Å². The second kappa shape index (κ2) is 12.5. The van der Waals surface area contributed by atoms with Gasteiger partial charge in [-0.15, -0.1) is 13.2 Å². The monoisotopic (exact) mass is 537 g/mol. The Labute approximate surface area is 232 Å². The van der Waals surface area contributed by atoms with Gasteiger partial charge in [0.05, 0.1) is 30.6 Å². The van der Waals surface area contributed by atoms with Crippen molar-refractivity contribution >= 4 is 23.4 Å². The molecule has 0 radical (unpaired) electrons. The SMILES string of the molecule is C=CCN(CCCCC)C(=O)C1N([C@@H](CC)CO)C(=O)[C@@H]2[C@H](C(=O)N(CC=C)c3ccccc3)[C@@H]3CCC12O3. The van der Waals surface area contributed by atoms with Crippen molar-refractivity contribution < 1.29 is 24.2 Å². The second-order valence-electron chi connectivity index (χ2n) is 10.9. The van der Waals surface area contributed by atoms with E-state index in [2.05, 4.69) is 20.1 Å². The van der Waals surface area contributed by atoms with Crippen molar-refractivity contribution in [2.75, 3.05) is 31.1 Å². The zero-order valence-corrected chi connectivity index (χ0v) is 23.3. The molecule has 3 heterocycles. The number of ether oxygens (including phenoxy) is 1. The van der Waals surface area contributed by atoms with Crippen molar-refractivity contribution in [3.8, 4) is 0 Å². The minimum Gasteiger partial charge on any atom is -0.394 e. The van der Waals surface area contributed by atoms with Crippen molar-refractivity contribution in [1.29, 1.82) is 0 Å². The molecule has 212 valence electrons. The average Bonchev–Trinajstić information content (AvgIpc) is 3.59. The predicted octanol–water partition coefficient (Wildman–Crippen LogP) is 3.56. The number of hydrogen-bond acceptors (Lipinski definition) is 5. The Bertz CT molecular complexity index is 1060. The Kier molecular flexibility index (Phi) is 9.28. The van der Waals surface area contributed by atoms with Crippen LogP contribution in [0.4, 0.5) is 5.69 Å². The first-order valence-electron chi connectivity index (χ1n) is 14.4. The first kappa shape index (κ1) is 29.0. The summed E-state index contributed by atoms with van der Waals surface area (Å²) in [6.45, 7) is 12.6. The van der Waals surface area contributed by atoms with Crippen LogP contribution in [0.15, 0.2) is 55.6 Å². The summed E-state index contributed by atoms with van der Waals surface area (Å²) in [5.74, 6) is -2.14. The minimum absolute atomic E-state index is 0.187. The number of nitrogens with zero attached hydrogens (tertiary/aromatic N) is 3. The van der Waals surface area contributed by atoms with E-state index >= 15 is 0 Å². The van der Waals surface area contributed by atoms with Crippen LogP contribution in [0.25, 0.3) is 0 Å². The minimum atomic E-state index is -1.09. The number of carbonyl (C=O) groups is 3. The van der Waals surface area contributed by atoms with Gasteiger partial charge in [-0.2, -0.15) is 0 Å². The molecule has 1 spiro atoms. The summed E-state index contributed by atoms with van der Waals surface area (Å²) in [5, 5.41) is 10.3. The third-order valence-corrected chi connectivity index (χ3v) is 8.67. The maximum Gasteiger partial charge on any atom is 0.248 e. The van der Waals surface area contributed by atoms with Gasteiger partial charge in [0.15, 0.2) is 0 Å². The number of para-hydroxylation sites is 1. The van der Waals surface area contributed by atoms with Gasteiger partial charge in [0.1, 0.15) is 11.6 Å². The summed E-state index contributed by atoms with van der Waals surface area (Å²) in [6, 6.07) is 7.93. The molecule has 3 amide bonds. The van der Waals surface area contributed by atoms with E-state index in [0.29, 0.717) is 38.9 Å². The Morgan fingerprint density at radius 2 is 1.87 bits per heavy atom. The Morgan fingerprint density at radius 3 is 2.49 bits per heavy atom. The van der Waals surface area contributed by atoms with Gasteiger partial charge in [-0.05, 0) is 37.8 Å². The molecule has 3 saturated heterocycles. The van der Waals surface area contributed by atoms with Crippen molar-refractivity contribution in [3.63, 3.8) is 0 Å². The largest absolute Gasteiger partial charge is 0.394 e. The van der Waals surface area contributed by atoms with Gasteiger partial charge >= 0.3 is 0 Å². The van der Waals surface area contributed by atoms with Gasteiger partial charge in [0.25, 0.3) is 0 Å². The molecular weight excluding hydrogens is 494 g/mol. The molecule has 3 aliphatic heterocycles. The van der Waals surface area contributed by atoms with Gasteiger partial charge in [0, 0.05) is 25.3 Å². The highest BCUT2D eigenvalue weighted by Crippen LogP contribution is 2.59. The fourth-order valence-corrected chi connectivity index (χ4v) is 6.87. The molecule has 0 saturated carbocycles. The van der Waals surface area contributed by atoms with Crippen LogP contribution in [0.3, 0.4) is 0 Å². The number of fused-ring (bicyclic) bond motifs is 1. The molecule has 8 heteroatoms. The van der Waals surface area contributed by atoms with Crippen LogP contribution in [0, 0.1) is 11.8 Å². The quantitative estimate of drug-likeness (QED) is 0.290. The maximum atomic E-state index is 14.3. The summed E-state index contributed by atoms with van der Waals surface area (Å²) in [4.78, 5) is 47.7. The standard InChI is InChI=1S/C31H43N3O5/c1-5-9-13-20-32(18-6-2)30(38)27-31-17-16-24(39-31)25(26(31)29(37)34(27)22(8-4)21-35)28(36)33(19-7-3)23-14-11-10-12-15-23/h6-7,10-12,14-15,22,24-27,35H,2-3,5,8-9,13,16-21H2,1,4H3/t22-,24-,25+,26-,27?,31?/m0/s1. The van der Waals surface area contributed by atoms with Crippen molar-refractivity contribution in [2.45, 2.75) is 76.2 Å². The lowest BCUT2D eigenvalue weighted by atomic mass is 9.70.